The smallest absolute Gasteiger partial charge is 0.304 e. The Morgan fingerprint density at radius 2 is 2.04 bits per heavy atom. The molecule has 0 spiro atoms. The largest absolute Gasteiger partial charge is 0.373 e. The number of benzene rings is 1. The van der Waals surface area contributed by atoms with Gasteiger partial charge >= 0.3 is 5.69 Å². The highest BCUT2D eigenvalue weighted by molar-refractivity contribution is 7.92. The summed E-state index contributed by atoms with van der Waals surface area (Å²) in [4.78, 5) is 10.7. The monoisotopic (exact) mass is 382 g/mol. The van der Waals surface area contributed by atoms with Crippen molar-refractivity contribution in [1.82, 2.24) is 0 Å². The van der Waals surface area contributed by atoms with Crippen LogP contribution in [0.5, 0.6) is 0 Å². The number of rotatable bonds is 5. The maximum atomic E-state index is 11.7. The van der Waals surface area contributed by atoms with Crippen LogP contribution in [-0.4, -0.2) is 32.2 Å². The first kappa shape index (κ1) is 17.8. The molecule has 134 valence electrons. The van der Waals surface area contributed by atoms with Crippen molar-refractivity contribution in [3.05, 3.63) is 52.1 Å². The fourth-order valence-electron chi connectivity index (χ4n) is 2.79. The Balaban J connectivity index is 1.80. The van der Waals surface area contributed by atoms with E-state index in [2.05, 4.69) is 5.32 Å². The van der Waals surface area contributed by atoms with E-state index in [1.165, 1.54) is 0 Å². The number of ether oxygens (including phenoxy) is 1. The van der Waals surface area contributed by atoms with Crippen LogP contribution in [0.4, 0.5) is 10.7 Å². The fourth-order valence-corrected chi connectivity index (χ4v) is 4.81. The summed E-state index contributed by atoms with van der Waals surface area (Å²) >= 11 is 0.904. The standard InChI is InChI=1S/C16H18N2O5S2/c1-25(21,22)15-10-13(18(19)20)16(24-15)17-12-7-8-23-14(9-12)11-5-3-2-4-6-11/h2-6,10,12,14,17H,7-9H2,1H3. The van der Waals surface area contributed by atoms with Gasteiger partial charge in [-0.3, -0.25) is 10.1 Å². The van der Waals surface area contributed by atoms with E-state index in [-0.39, 0.29) is 27.0 Å². The van der Waals surface area contributed by atoms with Crippen molar-refractivity contribution in [2.24, 2.45) is 0 Å². The summed E-state index contributed by atoms with van der Waals surface area (Å²) in [5, 5.41) is 14.7. The third kappa shape index (κ3) is 4.17. The normalized spacial score (nSPS) is 21.0. The Hall–Kier alpha value is -1.97. The van der Waals surface area contributed by atoms with Gasteiger partial charge in [-0.25, -0.2) is 8.42 Å². The van der Waals surface area contributed by atoms with E-state index in [0.29, 0.717) is 19.4 Å². The number of nitro groups is 1. The van der Waals surface area contributed by atoms with Gasteiger partial charge in [0.15, 0.2) is 14.8 Å². The molecule has 3 rings (SSSR count). The number of anilines is 1. The first-order chi connectivity index (χ1) is 11.8. The zero-order valence-corrected chi connectivity index (χ0v) is 15.2. The summed E-state index contributed by atoms with van der Waals surface area (Å²) < 4.78 is 29.2. The lowest BCUT2D eigenvalue weighted by Crippen LogP contribution is -2.30. The minimum Gasteiger partial charge on any atom is -0.373 e. The number of sulfone groups is 1. The second-order valence-corrected chi connectivity index (χ2v) is 9.24. The van der Waals surface area contributed by atoms with E-state index in [9.17, 15) is 18.5 Å². The zero-order valence-electron chi connectivity index (χ0n) is 13.5. The number of thiophene rings is 1. The number of hydrogen-bond acceptors (Lipinski definition) is 7. The Morgan fingerprint density at radius 3 is 2.68 bits per heavy atom. The molecular weight excluding hydrogens is 364 g/mol. The highest BCUT2D eigenvalue weighted by Crippen LogP contribution is 2.39. The van der Waals surface area contributed by atoms with Crippen LogP contribution in [0.1, 0.15) is 24.5 Å². The second kappa shape index (κ2) is 7.11. The van der Waals surface area contributed by atoms with Crippen LogP contribution in [0.25, 0.3) is 0 Å². The molecule has 2 atom stereocenters. The van der Waals surface area contributed by atoms with Crippen molar-refractivity contribution in [3.8, 4) is 0 Å². The van der Waals surface area contributed by atoms with Crippen molar-refractivity contribution in [3.63, 3.8) is 0 Å². The average molecular weight is 382 g/mol. The molecule has 0 saturated carbocycles. The highest BCUT2D eigenvalue weighted by atomic mass is 32.2. The lowest BCUT2D eigenvalue weighted by molar-refractivity contribution is -0.383. The summed E-state index contributed by atoms with van der Waals surface area (Å²) in [6.07, 6.45) is 2.33. The molecule has 1 aromatic carbocycles. The number of nitrogens with zero attached hydrogens (tertiary/aromatic N) is 1. The van der Waals surface area contributed by atoms with Crippen LogP contribution in [0.15, 0.2) is 40.6 Å². The van der Waals surface area contributed by atoms with Gasteiger partial charge in [0.25, 0.3) is 0 Å². The SMILES string of the molecule is CS(=O)(=O)c1cc([N+](=O)[O-])c(NC2CCOC(c3ccccc3)C2)s1. The zero-order chi connectivity index (χ0) is 18.0. The van der Waals surface area contributed by atoms with Gasteiger partial charge in [0.05, 0.1) is 11.0 Å². The average Bonchev–Trinajstić information content (AvgIpc) is 3.00. The van der Waals surface area contributed by atoms with E-state index >= 15 is 0 Å². The topological polar surface area (TPSA) is 98.5 Å². The summed E-state index contributed by atoms with van der Waals surface area (Å²) in [5.74, 6) is 0. The van der Waals surface area contributed by atoms with Gasteiger partial charge in [0.1, 0.15) is 4.21 Å². The molecule has 0 radical (unpaired) electrons. The molecule has 2 heterocycles. The lowest BCUT2D eigenvalue weighted by atomic mass is 9.97. The van der Waals surface area contributed by atoms with Crippen molar-refractivity contribution < 1.29 is 18.1 Å². The molecule has 1 aliphatic heterocycles. The van der Waals surface area contributed by atoms with Crippen molar-refractivity contribution in [2.45, 2.75) is 29.2 Å². The third-order valence-corrected chi connectivity index (χ3v) is 6.90. The molecule has 1 saturated heterocycles. The lowest BCUT2D eigenvalue weighted by Gasteiger charge is -2.30. The van der Waals surface area contributed by atoms with E-state index < -0.39 is 14.8 Å². The predicted octanol–water partition coefficient (Wildman–Crippen LogP) is 3.39. The highest BCUT2D eigenvalue weighted by Gasteiger charge is 2.29. The molecule has 2 unspecified atom stereocenters. The van der Waals surface area contributed by atoms with Gasteiger partial charge in [0, 0.05) is 25.0 Å². The quantitative estimate of drug-likeness (QED) is 0.629. The van der Waals surface area contributed by atoms with E-state index in [4.69, 9.17) is 4.74 Å². The third-order valence-electron chi connectivity index (χ3n) is 4.04. The van der Waals surface area contributed by atoms with Gasteiger partial charge in [-0.05, 0) is 18.4 Å². The Bertz CT molecular complexity index is 864. The van der Waals surface area contributed by atoms with Crippen molar-refractivity contribution >= 4 is 31.9 Å². The van der Waals surface area contributed by atoms with Crippen molar-refractivity contribution in [1.29, 1.82) is 0 Å². The maximum absolute atomic E-state index is 11.7. The van der Waals surface area contributed by atoms with Crippen LogP contribution < -0.4 is 5.32 Å². The van der Waals surface area contributed by atoms with E-state index in [1.54, 1.807) is 0 Å². The molecule has 1 fully saturated rings. The Labute approximate surface area is 149 Å². The maximum Gasteiger partial charge on any atom is 0.304 e. The minimum absolute atomic E-state index is 0.00614. The first-order valence-corrected chi connectivity index (χ1v) is 10.5. The number of nitrogens with one attached hydrogen (secondary N) is 1. The van der Waals surface area contributed by atoms with E-state index in [1.807, 2.05) is 30.3 Å². The first-order valence-electron chi connectivity index (χ1n) is 7.76. The summed E-state index contributed by atoms with van der Waals surface area (Å²) in [7, 11) is -3.48. The summed E-state index contributed by atoms with van der Waals surface area (Å²) in [5.41, 5.74) is 0.861. The molecule has 9 heteroatoms. The fraction of sp³-hybridized carbons (Fsp3) is 0.375. The Kier molecular flexibility index (Phi) is 5.07. The van der Waals surface area contributed by atoms with Gasteiger partial charge in [-0.1, -0.05) is 41.7 Å². The van der Waals surface area contributed by atoms with Crippen LogP contribution >= 0.6 is 11.3 Å². The Morgan fingerprint density at radius 1 is 1.32 bits per heavy atom. The van der Waals surface area contributed by atoms with Gasteiger partial charge < -0.3 is 10.1 Å². The van der Waals surface area contributed by atoms with Crippen LogP contribution in [0.2, 0.25) is 0 Å². The van der Waals surface area contributed by atoms with Crippen LogP contribution in [-0.2, 0) is 14.6 Å². The van der Waals surface area contributed by atoms with Gasteiger partial charge in [-0.2, -0.15) is 0 Å². The summed E-state index contributed by atoms with van der Waals surface area (Å²) in [6.45, 7) is 0.537. The van der Waals surface area contributed by atoms with Crippen LogP contribution in [0.3, 0.4) is 0 Å². The molecule has 2 aromatic rings. The van der Waals surface area contributed by atoms with Crippen molar-refractivity contribution in [2.75, 3.05) is 18.2 Å². The van der Waals surface area contributed by atoms with Gasteiger partial charge in [0.2, 0.25) is 0 Å². The molecule has 1 N–H and O–H groups in total. The molecule has 0 aliphatic carbocycles. The van der Waals surface area contributed by atoms with Crippen LogP contribution in [0, 0.1) is 10.1 Å². The molecule has 7 nitrogen and oxygen atoms in total. The predicted molar refractivity (Wildman–Crippen MR) is 95.9 cm³/mol. The molecule has 0 amide bonds. The molecule has 1 aromatic heterocycles. The van der Waals surface area contributed by atoms with E-state index in [0.717, 1.165) is 29.2 Å². The minimum atomic E-state index is -3.48. The molecule has 25 heavy (non-hydrogen) atoms. The second-order valence-electron chi connectivity index (χ2n) is 5.94. The number of hydrogen-bond donors (Lipinski definition) is 1. The molecule has 1 aliphatic rings. The molecular formula is C16H18N2O5S2. The molecule has 0 bridgehead atoms. The summed E-state index contributed by atoms with van der Waals surface area (Å²) in [6, 6.07) is 10.9. The van der Waals surface area contributed by atoms with Gasteiger partial charge in [-0.15, -0.1) is 0 Å².